The quantitative estimate of drug-likeness (QED) is 0.749. The molecule has 2 N–H and O–H groups in total. The van der Waals surface area contributed by atoms with Gasteiger partial charge in [-0.3, -0.25) is 9.78 Å². The Morgan fingerprint density at radius 1 is 1.24 bits per heavy atom. The maximum absolute atomic E-state index is 14.0. The number of nitrogens with zero attached hydrogens (tertiary/aromatic N) is 3. The highest BCUT2D eigenvalue weighted by atomic mass is 19.1. The van der Waals surface area contributed by atoms with E-state index in [1.165, 1.54) is 12.4 Å². The molecule has 1 amide bonds. The van der Waals surface area contributed by atoms with Crippen LogP contribution < -0.4 is 10.6 Å². The maximum atomic E-state index is 14.0. The molecule has 7 heteroatoms. The molecule has 0 saturated heterocycles. The first-order valence-electron chi connectivity index (χ1n) is 7.76. The Labute approximate surface area is 144 Å². The highest BCUT2D eigenvalue weighted by Gasteiger charge is 2.18. The molecule has 0 atom stereocenters. The normalized spacial score (nSPS) is 10.5. The van der Waals surface area contributed by atoms with Crippen molar-refractivity contribution in [3.63, 3.8) is 0 Å². The van der Waals surface area contributed by atoms with E-state index >= 15 is 0 Å². The predicted octanol–water partition coefficient (Wildman–Crippen LogP) is 3.13. The van der Waals surface area contributed by atoms with Gasteiger partial charge in [0.05, 0.1) is 12.0 Å². The van der Waals surface area contributed by atoms with Gasteiger partial charge in [0.15, 0.2) is 11.5 Å². The van der Waals surface area contributed by atoms with E-state index in [0.29, 0.717) is 18.1 Å². The Bertz CT molecular complexity index is 892. The summed E-state index contributed by atoms with van der Waals surface area (Å²) in [5, 5.41) is 5.72. The topological polar surface area (TPSA) is 71.8 Å². The van der Waals surface area contributed by atoms with Gasteiger partial charge in [0.1, 0.15) is 5.82 Å². The van der Waals surface area contributed by atoms with E-state index in [-0.39, 0.29) is 5.69 Å². The second-order valence-corrected chi connectivity index (χ2v) is 5.70. The van der Waals surface area contributed by atoms with Crippen molar-refractivity contribution in [1.29, 1.82) is 0 Å². The molecule has 2 heterocycles. The highest BCUT2D eigenvalue weighted by molar-refractivity contribution is 6.06. The number of anilines is 2. The van der Waals surface area contributed by atoms with Gasteiger partial charge in [0.2, 0.25) is 0 Å². The lowest BCUT2D eigenvalue weighted by Crippen LogP contribution is -2.18. The van der Waals surface area contributed by atoms with Crippen LogP contribution in [0.25, 0.3) is 0 Å². The minimum absolute atomic E-state index is 0.136. The van der Waals surface area contributed by atoms with Gasteiger partial charge in [-0.25, -0.2) is 9.37 Å². The highest BCUT2D eigenvalue weighted by Crippen LogP contribution is 2.19. The fraction of sp³-hybridized carbons (Fsp3) is 0.167. The third-order valence-corrected chi connectivity index (χ3v) is 3.73. The summed E-state index contributed by atoms with van der Waals surface area (Å²) in [6.45, 7) is 2.29. The van der Waals surface area contributed by atoms with Crippen LogP contribution in [0.1, 0.15) is 21.6 Å². The summed E-state index contributed by atoms with van der Waals surface area (Å²) >= 11 is 0. The average Bonchev–Trinajstić information content (AvgIpc) is 2.97. The van der Waals surface area contributed by atoms with Crippen molar-refractivity contribution < 1.29 is 9.18 Å². The molecule has 0 aliphatic carbocycles. The van der Waals surface area contributed by atoms with Crippen LogP contribution in [-0.2, 0) is 13.6 Å². The number of carbonyl (C=O) groups is 1. The number of benzene rings is 1. The fourth-order valence-corrected chi connectivity index (χ4v) is 2.42. The largest absolute Gasteiger partial charge is 0.364 e. The number of halogens is 1. The van der Waals surface area contributed by atoms with Crippen molar-refractivity contribution in [2.24, 2.45) is 7.05 Å². The first-order chi connectivity index (χ1) is 12.0. The lowest BCUT2D eigenvalue weighted by molar-refractivity contribution is 0.101. The van der Waals surface area contributed by atoms with E-state index in [1.54, 1.807) is 43.1 Å². The van der Waals surface area contributed by atoms with Gasteiger partial charge in [0, 0.05) is 26.0 Å². The van der Waals surface area contributed by atoms with Gasteiger partial charge in [-0.15, -0.1) is 0 Å². The first kappa shape index (κ1) is 16.6. The van der Waals surface area contributed by atoms with Gasteiger partial charge in [0.25, 0.3) is 5.91 Å². The van der Waals surface area contributed by atoms with Crippen LogP contribution in [0.4, 0.5) is 15.9 Å². The van der Waals surface area contributed by atoms with Crippen LogP contribution in [-0.4, -0.2) is 20.4 Å². The zero-order valence-electron chi connectivity index (χ0n) is 14.0. The average molecular weight is 339 g/mol. The number of imidazole rings is 1. The number of aryl methyl sites for hydroxylation is 2. The van der Waals surface area contributed by atoms with Crippen molar-refractivity contribution in [3.8, 4) is 0 Å². The minimum Gasteiger partial charge on any atom is -0.364 e. The van der Waals surface area contributed by atoms with Crippen LogP contribution in [0.5, 0.6) is 0 Å². The molecule has 0 unspecified atom stereocenters. The number of carbonyl (C=O) groups excluding carboxylic acids is 1. The van der Waals surface area contributed by atoms with E-state index in [2.05, 4.69) is 20.6 Å². The molecular formula is C18H18FN5O. The van der Waals surface area contributed by atoms with E-state index < -0.39 is 11.7 Å². The zero-order valence-corrected chi connectivity index (χ0v) is 14.0. The summed E-state index contributed by atoms with van der Waals surface area (Å²) in [7, 11) is 1.71. The Kier molecular flexibility index (Phi) is 4.74. The molecule has 0 saturated carbocycles. The van der Waals surface area contributed by atoms with Crippen LogP contribution in [0, 0.1) is 12.7 Å². The molecule has 3 rings (SSSR count). The third-order valence-electron chi connectivity index (χ3n) is 3.73. The van der Waals surface area contributed by atoms with Gasteiger partial charge >= 0.3 is 0 Å². The number of pyridine rings is 1. The standard InChI is InChI=1S/C18H18FN5O/c1-12-3-4-15(14(19)9-12)23-18(25)16-17(22-11-24(16)2)21-10-13-5-7-20-8-6-13/h3-9,11,21H,10H2,1-2H3,(H,23,25). The summed E-state index contributed by atoms with van der Waals surface area (Å²) in [5.41, 5.74) is 2.26. The molecule has 128 valence electrons. The molecule has 0 spiro atoms. The zero-order chi connectivity index (χ0) is 17.8. The second kappa shape index (κ2) is 7.12. The summed E-state index contributed by atoms with van der Waals surface area (Å²) in [5.74, 6) is -0.467. The van der Waals surface area contributed by atoms with Gasteiger partial charge in [-0.1, -0.05) is 6.07 Å². The van der Waals surface area contributed by atoms with E-state index in [0.717, 1.165) is 11.1 Å². The van der Waals surface area contributed by atoms with E-state index in [1.807, 2.05) is 12.1 Å². The molecule has 2 aromatic heterocycles. The lowest BCUT2D eigenvalue weighted by Gasteiger charge is -2.10. The van der Waals surface area contributed by atoms with Crippen molar-refractivity contribution in [1.82, 2.24) is 14.5 Å². The van der Waals surface area contributed by atoms with Crippen molar-refractivity contribution in [3.05, 3.63) is 71.7 Å². The fourth-order valence-electron chi connectivity index (χ4n) is 2.42. The molecule has 6 nitrogen and oxygen atoms in total. The molecule has 0 aliphatic rings. The van der Waals surface area contributed by atoms with Crippen LogP contribution in [0.15, 0.2) is 49.1 Å². The van der Waals surface area contributed by atoms with E-state index in [4.69, 9.17) is 0 Å². The van der Waals surface area contributed by atoms with Gasteiger partial charge in [-0.2, -0.15) is 0 Å². The number of amides is 1. The van der Waals surface area contributed by atoms with Gasteiger partial charge < -0.3 is 15.2 Å². The molecule has 3 aromatic rings. The smallest absolute Gasteiger partial charge is 0.276 e. The summed E-state index contributed by atoms with van der Waals surface area (Å²) in [4.78, 5) is 20.8. The summed E-state index contributed by atoms with van der Waals surface area (Å²) in [6, 6.07) is 8.41. The lowest BCUT2D eigenvalue weighted by atomic mass is 10.2. The number of hydrogen-bond acceptors (Lipinski definition) is 4. The summed E-state index contributed by atoms with van der Waals surface area (Å²) < 4.78 is 15.6. The van der Waals surface area contributed by atoms with Crippen LogP contribution >= 0.6 is 0 Å². The van der Waals surface area contributed by atoms with E-state index in [9.17, 15) is 9.18 Å². The Hall–Kier alpha value is -3.22. The molecule has 0 fully saturated rings. The monoisotopic (exact) mass is 339 g/mol. The SMILES string of the molecule is Cc1ccc(NC(=O)c2c(NCc3ccncc3)ncn2C)c(F)c1. The molecule has 0 radical (unpaired) electrons. The second-order valence-electron chi connectivity index (χ2n) is 5.70. The molecule has 1 aromatic carbocycles. The Morgan fingerprint density at radius 3 is 2.72 bits per heavy atom. The third kappa shape index (κ3) is 3.82. The first-order valence-corrected chi connectivity index (χ1v) is 7.76. The molecule has 25 heavy (non-hydrogen) atoms. The number of aromatic nitrogens is 3. The van der Waals surface area contributed by atoms with Gasteiger partial charge in [-0.05, 0) is 42.3 Å². The molecule has 0 bridgehead atoms. The minimum atomic E-state index is -0.471. The maximum Gasteiger partial charge on any atom is 0.276 e. The Balaban J connectivity index is 1.77. The predicted molar refractivity (Wildman–Crippen MR) is 93.9 cm³/mol. The van der Waals surface area contributed by atoms with Crippen molar-refractivity contribution in [2.45, 2.75) is 13.5 Å². The van der Waals surface area contributed by atoms with Crippen molar-refractivity contribution >= 4 is 17.4 Å². The number of hydrogen-bond donors (Lipinski definition) is 2. The number of nitrogens with one attached hydrogen (secondary N) is 2. The molecule has 0 aliphatic heterocycles. The summed E-state index contributed by atoms with van der Waals surface area (Å²) in [6.07, 6.45) is 4.93. The Morgan fingerprint density at radius 2 is 2.00 bits per heavy atom. The number of rotatable bonds is 5. The molecular weight excluding hydrogens is 321 g/mol. The van der Waals surface area contributed by atoms with Crippen molar-refractivity contribution in [2.75, 3.05) is 10.6 Å². The van der Waals surface area contributed by atoms with Crippen LogP contribution in [0.2, 0.25) is 0 Å². The van der Waals surface area contributed by atoms with Crippen LogP contribution in [0.3, 0.4) is 0 Å².